The zero-order valence-corrected chi connectivity index (χ0v) is 9.62. The molecule has 16 heavy (non-hydrogen) atoms. The number of rotatable bonds is 6. The molecule has 90 valence electrons. The Labute approximate surface area is 94.7 Å². The van der Waals surface area contributed by atoms with E-state index in [0.29, 0.717) is 17.9 Å². The van der Waals surface area contributed by atoms with Crippen LogP contribution in [0, 0.1) is 0 Å². The summed E-state index contributed by atoms with van der Waals surface area (Å²) in [5, 5.41) is 3.06. The maximum absolute atomic E-state index is 11.4. The van der Waals surface area contributed by atoms with Crippen LogP contribution >= 0.6 is 0 Å². The molecule has 4 N–H and O–H groups in total. The van der Waals surface area contributed by atoms with Gasteiger partial charge in [-0.05, 0) is 20.2 Å². The van der Waals surface area contributed by atoms with Crippen molar-refractivity contribution in [2.45, 2.75) is 6.54 Å². The summed E-state index contributed by atoms with van der Waals surface area (Å²) in [5.74, 6) is 5.38. The lowest BCUT2D eigenvalue weighted by atomic mass is 10.2. The number of hydrogen-bond acceptors (Lipinski definition) is 5. The Hall–Kier alpha value is -1.37. The second-order valence-electron chi connectivity index (χ2n) is 3.57. The number of furan rings is 1. The molecule has 1 aromatic heterocycles. The SMILES string of the molecule is CNCCN(C)Cc1occc1C(=O)NN. The van der Waals surface area contributed by atoms with Gasteiger partial charge in [-0.3, -0.25) is 15.1 Å². The van der Waals surface area contributed by atoms with E-state index in [1.165, 1.54) is 6.26 Å². The zero-order valence-electron chi connectivity index (χ0n) is 9.62. The highest BCUT2D eigenvalue weighted by molar-refractivity contribution is 5.94. The van der Waals surface area contributed by atoms with Crippen LogP contribution in [0.2, 0.25) is 0 Å². The molecule has 0 aliphatic carbocycles. The predicted octanol–water partition coefficient (Wildman–Crippen LogP) is -0.466. The Kier molecular flexibility index (Phi) is 4.97. The van der Waals surface area contributed by atoms with Crippen LogP contribution in [-0.2, 0) is 6.54 Å². The van der Waals surface area contributed by atoms with Crippen molar-refractivity contribution in [2.75, 3.05) is 27.2 Å². The minimum atomic E-state index is -0.328. The van der Waals surface area contributed by atoms with Gasteiger partial charge in [0.05, 0.1) is 18.4 Å². The van der Waals surface area contributed by atoms with Crippen LogP contribution in [-0.4, -0.2) is 38.0 Å². The second kappa shape index (κ2) is 6.26. The van der Waals surface area contributed by atoms with Crippen molar-refractivity contribution in [3.63, 3.8) is 0 Å². The van der Waals surface area contributed by atoms with Gasteiger partial charge in [0.1, 0.15) is 5.76 Å². The number of carbonyl (C=O) groups is 1. The first kappa shape index (κ1) is 12.7. The third kappa shape index (κ3) is 3.34. The highest BCUT2D eigenvalue weighted by Crippen LogP contribution is 2.12. The summed E-state index contributed by atoms with van der Waals surface area (Å²) in [6.45, 7) is 2.34. The van der Waals surface area contributed by atoms with E-state index in [0.717, 1.165) is 13.1 Å². The fourth-order valence-corrected chi connectivity index (χ4v) is 1.37. The first-order valence-corrected chi connectivity index (χ1v) is 5.09. The standard InChI is InChI=1S/C10H18N4O2/c1-12-4-5-14(2)7-9-8(3-6-16-9)10(15)13-11/h3,6,12H,4-5,7,11H2,1-2H3,(H,13,15). The molecule has 1 aromatic rings. The topological polar surface area (TPSA) is 83.5 Å². The van der Waals surface area contributed by atoms with E-state index in [1.54, 1.807) is 6.07 Å². The van der Waals surface area contributed by atoms with Gasteiger partial charge in [-0.2, -0.15) is 0 Å². The molecule has 0 aliphatic rings. The molecule has 1 amide bonds. The number of nitrogens with zero attached hydrogens (tertiary/aromatic N) is 1. The number of likely N-dealkylation sites (N-methyl/N-ethyl adjacent to an activating group) is 2. The van der Waals surface area contributed by atoms with Crippen LogP contribution in [0.15, 0.2) is 16.7 Å². The molecule has 0 bridgehead atoms. The number of hydrazine groups is 1. The molecule has 0 saturated heterocycles. The van der Waals surface area contributed by atoms with Gasteiger partial charge >= 0.3 is 0 Å². The number of amides is 1. The highest BCUT2D eigenvalue weighted by Gasteiger charge is 2.14. The largest absolute Gasteiger partial charge is 0.467 e. The number of nitrogens with one attached hydrogen (secondary N) is 2. The molecule has 0 unspecified atom stereocenters. The van der Waals surface area contributed by atoms with Gasteiger partial charge in [-0.15, -0.1) is 0 Å². The third-order valence-electron chi connectivity index (χ3n) is 2.28. The van der Waals surface area contributed by atoms with Crippen molar-refractivity contribution < 1.29 is 9.21 Å². The Morgan fingerprint density at radius 1 is 1.62 bits per heavy atom. The lowest BCUT2D eigenvalue weighted by molar-refractivity contribution is 0.0950. The van der Waals surface area contributed by atoms with Crippen LogP contribution in [0.3, 0.4) is 0 Å². The first-order valence-electron chi connectivity index (χ1n) is 5.09. The lowest BCUT2D eigenvalue weighted by Gasteiger charge is -2.15. The van der Waals surface area contributed by atoms with Crippen LogP contribution in [0.4, 0.5) is 0 Å². The molecule has 0 aliphatic heterocycles. The average Bonchev–Trinajstić information content (AvgIpc) is 2.73. The van der Waals surface area contributed by atoms with E-state index in [2.05, 4.69) is 15.6 Å². The molecule has 1 rings (SSSR count). The fraction of sp³-hybridized carbons (Fsp3) is 0.500. The van der Waals surface area contributed by atoms with Crippen molar-refractivity contribution in [3.8, 4) is 0 Å². The molecule has 0 fully saturated rings. The molecule has 6 heteroatoms. The molecular formula is C10H18N4O2. The first-order chi connectivity index (χ1) is 7.69. The van der Waals surface area contributed by atoms with E-state index in [4.69, 9.17) is 10.3 Å². The van der Waals surface area contributed by atoms with E-state index < -0.39 is 0 Å². The molecule has 0 atom stereocenters. The van der Waals surface area contributed by atoms with E-state index in [9.17, 15) is 4.79 Å². The minimum Gasteiger partial charge on any atom is -0.467 e. The summed E-state index contributed by atoms with van der Waals surface area (Å²) in [6, 6.07) is 1.61. The number of carbonyl (C=O) groups excluding carboxylic acids is 1. The van der Waals surface area contributed by atoms with Gasteiger partial charge in [0.15, 0.2) is 0 Å². The van der Waals surface area contributed by atoms with Gasteiger partial charge in [0, 0.05) is 13.1 Å². The fourth-order valence-electron chi connectivity index (χ4n) is 1.37. The maximum atomic E-state index is 11.4. The van der Waals surface area contributed by atoms with Gasteiger partial charge < -0.3 is 9.73 Å². The van der Waals surface area contributed by atoms with Crippen LogP contribution in [0.5, 0.6) is 0 Å². The minimum absolute atomic E-state index is 0.328. The van der Waals surface area contributed by atoms with Crippen molar-refractivity contribution in [1.29, 1.82) is 0 Å². The van der Waals surface area contributed by atoms with Gasteiger partial charge in [-0.25, -0.2) is 5.84 Å². The number of nitrogen functional groups attached to an aromatic ring is 1. The number of nitrogens with two attached hydrogens (primary N) is 1. The molecule has 0 saturated carbocycles. The quantitative estimate of drug-likeness (QED) is 0.347. The van der Waals surface area contributed by atoms with Gasteiger partial charge in [-0.1, -0.05) is 0 Å². The Morgan fingerprint density at radius 3 is 3.00 bits per heavy atom. The van der Waals surface area contributed by atoms with Gasteiger partial charge in [0.2, 0.25) is 0 Å². The normalized spacial score (nSPS) is 10.8. The Morgan fingerprint density at radius 2 is 2.38 bits per heavy atom. The summed E-state index contributed by atoms with van der Waals surface area (Å²) < 4.78 is 5.26. The highest BCUT2D eigenvalue weighted by atomic mass is 16.3. The molecule has 6 nitrogen and oxygen atoms in total. The summed E-state index contributed by atoms with van der Waals surface area (Å²) in [4.78, 5) is 13.4. The maximum Gasteiger partial charge on any atom is 0.268 e. The summed E-state index contributed by atoms with van der Waals surface area (Å²) in [6.07, 6.45) is 1.49. The van der Waals surface area contributed by atoms with Crippen molar-refractivity contribution >= 4 is 5.91 Å². The molecule has 0 aromatic carbocycles. The van der Waals surface area contributed by atoms with Crippen molar-refractivity contribution in [1.82, 2.24) is 15.6 Å². The van der Waals surface area contributed by atoms with Crippen molar-refractivity contribution in [2.24, 2.45) is 5.84 Å². The Bertz CT molecular complexity index is 337. The van der Waals surface area contributed by atoms with E-state index in [1.807, 2.05) is 14.1 Å². The predicted molar refractivity (Wildman–Crippen MR) is 60.6 cm³/mol. The number of hydrogen-bond donors (Lipinski definition) is 3. The van der Waals surface area contributed by atoms with Crippen LogP contribution in [0.1, 0.15) is 16.1 Å². The molecule has 0 spiro atoms. The monoisotopic (exact) mass is 226 g/mol. The summed E-state index contributed by atoms with van der Waals surface area (Å²) >= 11 is 0. The zero-order chi connectivity index (χ0) is 12.0. The van der Waals surface area contributed by atoms with Crippen LogP contribution in [0.25, 0.3) is 0 Å². The molecule has 1 heterocycles. The third-order valence-corrected chi connectivity index (χ3v) is 2.28. The van der Waals surface area contributed by atoms with Gasteiger partial charge in [0.25, 0.3) is 5.91 Å². The molecule has 0 radical (unpaired) electrons. The second-order valence-corrected chi connectivity index (χ2v) is 3.57. The van der Waals surface area contributed by atoms with Crippen molar-refractivity contribution in [3.05, 3.63) is 23.7 Å². The van der Waals surface area contributed by atoms with Crippen LogP contribution < -0.4 is 16.6 Å². The van der Waals surface area contributed by atoms with E-state index in [-0.39, 0.29) is 5.91 Å². The Balaban J connectivity index is 2.59. The smallest absolute Gasteiger partial charge is 0.268 e. The average molecular weight is 226 g/mol. The lowest BCUT2D eigenvalue weighted by Crippen LogP contribution is -2.31. The molecular weight excluding hydrogens is 208 g/mol. The summed E-state index contributed by atoms with van der Waals surface area (Å²) in [5.41, 5.74) is 2.58. The summed E-state index contributed by atoms with van der Waals surface area (Å²) in [7, 11) is 3.86. The van der Waals surface area contributed by atoms with E-state index >= 15 is 0 Å².